The van der Waals surface area contributed by atoms with Crippen molar-refractivity contribution in [2.45, 2.75) is 13.8 Å². The number of nitrogens with one attached hydrogen (secondary N) is 1. The highest BCUT2D eigenvalue weighted by Crippen LogP contribution is 2.15. The Kier molecular flexibility index (Phi) is 3.59. The van der Waals surface area contributed by atoms with Gasteiger partial charge in [0.05, 0.1) is 18.2 Å². The third kappa shape index (κ3) is 2.42. The quantitative estimate of drug-likeness (QED) is 0.757. The number of benzene rings is 1. The summed E-state index contributed by atoms with van der Waals surface area (Å²) in [6, 6.07) is 5.58. The fourth-order valence-electron chi connectivity index (χ4n) is 1.40. The van der Waals surface area contributed by atoms with Gasteiger partial charge in [-0.3, -0.25) is 4.79 Å². The summed E-state index contributed by atoms with van der Waals surface area (Å²) in [6.45, 7) is 4.10. The summed E-state index contributed by atoms with van der Waals surface area (Å²) in [4.78, 5) is 11.6. The van der Waals surface area contributed by atoms with Crippen LogP contribution in [0.25, 0.3) is 0 Å². The summed E-state index contributed by atoms with van der Waals surface area (Å²) in [5.41, 5.74) is 3.10. The zero-order chi connectivity index (χ0) is 11.4. The van der Waals surface area contributed by atoms with Gasteiger partial charge in [0.15, 0.2) is 5.78 Å². The molecule has 0 radical (unpaired) electrons. The lowest BCUT2D eigenvalue weighted by Gasteiger charge is -2.06. The first-order valence-corrected chi connectivity index (χ1v) is 4.79. The second-order valence-electron chi connectivity index (χ2n) is 3.53. The van der Waals surface area contributed by atoms with Crippen molar-refractivity contribution in [2.75, 3.05) is 13.6 Å². The van der Waals surface area contributed by atoms with Gasteiger partial charge in [-0.25, -0.2) is 0 Å². The number of Topliss-reactive ketones (excluding diaryl/α,β-unsaturated/α-hetero) is 1. The molecule has 1 rings (SSSR count). The van der Waals surface area contributed by atoms with Crippen LogP contribution in [0, 0.1) is 25.2 Å². The van der Waals surface area contributed by atoms with Gasteiger partial charge in [0.25, 0.3) is 0 Å². The number of carbonyl (C=O) groups excluding carboxylic acids is 1. The number of aryl methyl sites for hydroxylation is 1. The van der Waals surface area contributed by atoms with Crippen LogP contribution in [0.5, 0.6) is 0 Å². The molecule has 0 unspecified atom stereocenters. The largest absolute Gasteiger partial charge is 0.313 e. The summed E-state index contributed by atoms with van der Waals surface area (Å²) in [7, 11) is 1.73. The molecule has 0 aromatic heterocycles. The molecule has 0 aliphatic rings. The first kappa shape index (κ1) is 11.4. The molecule has 78 valence electrons. The minimum atomic E-state index is 0.0112. The van der Waals surface area contributed by atoms with E-state index in [9.17, 15) is 4.79 Å². The van der Waals surface area contributed by atoms with E-state index in [-0.39, 0.29) is 5.78 Å². The summed E-state index contributed by atoms with van der Waals surface area (Å²) >= 11 is 0. The maximum absolute atomic E-state index is 11.6. The van der Waals surface area contributed by atoms with Crippen LogP contribution >= 0.6 is 0 Å². The minimum absolute atomic E-state index is 0.0112. The molecule has 0 saturated heterocycles. The molecule has 3 nitrogen and oxygen atoms in total. The predicted molar refractivity (Wildman–Crippen MR) is 58.9 cm³/mol. The van der Waals surface area contributed by atoms with Gasteiger partial charge < -0.3 is 5.32 Å². The highest BCUT2D eigenvalue weighted by molar-refractivity contribution is 5.98. The smallest absolute Gasteiger partial charge is 0.176 e. The van der Waals surface area contributed by atoms with Crippen molar-refractivity contribution < 1.29 is 4.79 Å². The van der Waals surface area contributed by atoms with Crippen molar-refractivity contribution in [3.63, 3.8) is 0 Å². The molecular formula is C12H14N2O. The number of rotatable bonds is 3. The maximum atomic E-state index is 11.6. The minimum Gasteiger partial charge on any atom is -0.313 e. The Morgan fingerprint density at radius 1 is 1.47 bits per heavy atom. The van der Waals surface area contributed by atoms with Crippen molar-refractivity contribution in [1.82, 2.24) is 5.32 Å². The van der Waals surface area contributed by atoms with E-state index in [2.05, 4.69) is 11.4 Å². The molecule has 0 spiro atoms. The Morgan fingerprint density at radius 2 is 2.13 bits per heavy atom. The molecule has 1 aromatic rings. The van der Waals surface area contributed by atoms with Gasteiger partial charge in [-0.05, 0) is 44.2 Å². The highest BCUT2D eigenvalue weighted by atomic mass is 16.1. The lowest BCUT2D eigenvalue weighted by molar-refractivity contribution is 0.0993. The normalized spacial score (nSPS) is 9.73. The van der Waals surface area contributed by atoms with Crippen molar-refractivity contribution in [1.29, 1.82) is 5.26 Å². The number of nitriles is 1. The molecule has 0 bridgehead atoms. The zero-order valence-corrected chi connectivity index (χ0v) is 9.22. The average Bonchev–Trinajstić information content (AvgIpc) is 2.22. The lowest BCUT2D eigenvalue weighted by atomic mass is 9.98. The number of carbonyl (C=O) groups is 1. The Hall–Kier alpha value is -1.66. The molecule has 15 heavy (non-hydrogen) atoms. The van der Waals surface area contributed by atoms with E-state index in [4.69, 9.17) is 5.26 Å². The van der Waals surface area contributed by atoms with Gasteiger partial charge in [0.2, 0.25) is 0 Å². The van der Waals surface area contributed by atoms with Gasteiger partial charge in [0.1, 0.15) is 0 Å². The fourth-order valence-corrected chi connectivity index (χ4v) is 1.40. The van der Waals surface area contributed by atoms with E-state index in [1.54, 1.807) is 13.1 Å². The van der Waals surface area contributed by atoms with E-state index in [0.717, 1.165) is 11.1 Å². The molecule has 1 N–H and O–H groups in total. The Morgan fingerprint density at radius 3 is 2.67 bits per heavy atom. The van der Waals surface area contributed by atoms with Gasteiger partial charge in [-0.1, -0.05) is 0 Å². The van der Waals surface area contributed by atoms with Crippen molar-refractivity contribution in [2.24, 2.45) is 0 Å². The van der Waals surface area contributed by atoms with Gasteiger partial charge in [0, 0.05) is 5.56 Å². The van der Waals surface area contributed by atoms with Gasteiger partial charge >= 0.3 is 0 Å². The SMILES string of the molecule is CNCC(=O)c1cc(C)c(C)c(C#N)c1. The van der Waals surface area contributed by atoms with E-state index < -0.39 is 0 Å². The van der Waals surface area contributed by atoms with Crippen molar-refractivity contribution in [3.05, 3.63) is 34.4 Å². The topological polar surface area (TPSA) is 52.9 Å². The second-order valence-corrected chi connectivity index (χ2v) is 3.53. The first-order valence-electron chi connectivity index (χ1n) is 4.79. The van der Waals surface area contributed by atoms with E-state index in [1.807, 2.05) is 19.9 Å². The molecule has 3 heteroatoms. The fraction of sp³-hybridized carbons (Fsp3) is 0.333. The van der Waals surface area contributed by atoms with Crippen molar-refractivity contribution in [3.8, 4) is 6.07 Å². The number of nitrogens with zero attached hydrogens (tertiary/aromatic N) is 1. The van der Waals surface area contributed by atoms with Crippen LogP contribution in [-0.4, -0.2) is 19.4 Å². The third-order valence-corrected chi connectivity index (χ3v) is 2.45. The summed E-state index contributed by atoms with van der Waals surface area (Å²) in [5, 5.41) is 11.7. The van der Waals surface area contributed by atoms with Crippen molar-refractivity contribution >= 4 is 5.78 Å². The summed E-state index contributed by atoms with van der Waals surface area (Å²) < 4.78 is 0. The number of hydrogen-bond donors (Lipinski definition) is 1. The molecule has 0 aliphatic carbocycles. The Bertz CT molecular complexity index is 430. The monoisotopic (exact) mass is 202 g/mol. The second kappa shape index (κ2) is 4.72. The van der Waals surface area contributed by atoms with Crippen LogP contribution in [-0.2, 0) is 0 Å². The predicted octanol–water partition coefficient (Wildman–Crippen LogP) is 1.58. The van der Waals surface area contributed by atoms with Crippen LogP contribution in [0.15, 0.2) is 12.1 Å². The Balaban J connectivity index is 3.18. The standard InChI is InChI=1S/C12H14N2O/c1-8-4-10(12(15)7-14-3)5-11(6-13)9(8)2/h4-5,14H,7H2,1-3H3. The molecule has 0 saturated carbocycles. The van der Waals surface area contributed by atoms with Gasteiger partial charge in [-0.15, -0.1) is 0 Å². The zero-order valence-electron chi connectivity index (χ0n) is 9.22. The highest BCUT2D eigenvalue weighted by Gasteiger charge is 2.09. The van der Waals surface area contributed by atoms with E-state index >= 15 is 0 Å². The molecule has 0 heterocycles. The average molecular weight is 202 g/mol. The Labute approximate surface area is 89.7 Å². The molecular weight excluding hydrogens is 188 g/mol. The summed E-state index contributed by atoms with van der Waals surface area (Å²) in [5.74, 6) is 0.0112. The van der Waals surface area contributed by atoms with Crippen LogP contribution < -0.4 is 5.32 Å². The lowest BCUT2D eigenvalue weighted by Crippen LogP contribution is -2.18. The van der Waals surface area contributed by atoms with Crippen LogP contribution in [0.4, 0.5) is 0 Å². The number of likely N-dealkylation sites (N-methyl/N-ethyl adjacent to an activating group) is 1. The van der Waals surface area contributed by atoms with E-state index in [1.165, 1.54) is 0 Å². The van der Waals surface area contributed by atoms with Gasteiger partial charge in [-0.2, -0.15) is 5.26 Å². The molecule has 0 fully saturated rings. The molecule has 0 atom stereocenters. The molecule has 1 aromatic carbocycles. The number of ketones is 1. The van der Waals surface area contributed by atoms with Crippen LogP contribution in [0.3, 0.4) is 0 Å². The molecule has 0 aliphatic heterocycles. The maximum Gasteiger partial charge on any atom is 0.176 e. The van der Waals surface area contributed by atoms with Crippen LogP contribution in [0.1, 0.15) is 27.0 Å². The number of hydrogen-bond acceptors (Lipinski definition) is 3. The first-order chi connectivity index (χ1) is 7.10. The van der Waals surface area contributed by atoms with E-state index in [0.29, 0.717) is 17.7 Å². The third-order valence-electron chi connectivity index (χ3n) is 2.45. The summed E-state index contributed by atoms with van der Waals surface area (Å²) in [6.07, 6.45) is 0. The van der Waals surface area contributed by atoms with Crippen LogP contribution in [0.2, 0.25) is 0 Å². The molecule has 0 amide bonds.